The Hall–Kier alpha value is -1.36. The van der Waals surface area contributed by atoms with Crippen LogP contribution >= 0.6 is 11.3 Å². The zero-order valence-corrected chi connectivity index (χ0v) is 8.85. The van der Waals surface area contributed by atoms with Gasteiger partial charge in [-0.2, -0.15) is 13.2 Å². The van der Waals surface area contributed by atoms with Gasteiger partial charge < -0.3 is 0 Å². The predicted octanol–water partition coefficient (Wildman–Crippen LogP) is 3.68. The van der Waals surface area contributed by atoms with Crippen molar-refractivity contribution in [2.75, 3.05) is 0 Å². The Bertz CT molecular complexity index is 436. The molecule has 0 aliphatic carbocycles. The number of aromatic nitrogens is 1. The number of halogens is 3. The Labute approximate surface area is 94.6 Å². The molecule has 1 aromatic carbocycles. The third kappa shape index (κ3) is 2.24. The zero-order chi connectivity index (χ0) is 11.6. The molecule has 83 valence electrons. The monoisotopic (exact) mass is 242 g/mol. The van der Waals surface area contributed by atoms with E-state index in [1.807, 2.05) is 0 Å². The van der Waals surface area contributed by atoms with Gasteiger partial charge in [0.25, 0.3) is 0 Å². The fourth-order valence-electron chi connectivity index (χ4n) is 1.39. The highest BCUT2D eigenvalue weighted by atomic mass is 32.1. The summed E-state index contributed by atoms with van der Waals surface area (Å²) >= 11 is 0.985. The molecule has 0 unspecified atom stereocenters. The van der Waals surface area contributed by atoms with Crippen LogP contribution in [0.1, 0.15) is 10.4 Å². The summed E-state index contributed by atoms with van der Waals surface area (Å²) < 4.78 is 38.7. The summed E-state index contributed by atoms with van der Waals surface area (Å²) in [4.78, 5) is 3.82. The summed E-state index contributed by atoms with van der Waals surface area (Å²) in [6.07, 6.45) is -3.13. The number of nitrogens with zero attached hydrogens (tertiary/aromatic N) is 1. The number of hydrogen-bond acceptors (Lipinski definition) is 2. The van der Waals surface area contributed by atoms with Crippen molar-refractivity contribution in [1.82, 2.24) is 4.98 Å². The summed E-state index contributed by atoms with van der Waals surface area (Å²) in [7, 11) is 0. The van der Waals surface area contributed by atoms with Crippen LogP contribution < -0.4 is 0 Å². The van der Waals surface area contributed by atoms with E-state index in [0.29, 0.717) is 0 Å². The van der Waals surface area contributed by atoms with Crippen LogP contribution in [0.3, 0.4) is 0 Å². The Balaban J connectivity index is 2.45. The van der Waals surface area contributed by atoms with Crippen molar-refractivity contribution in [3.63, 3.8) is 0 Å². The first-order valence-corrected chi connectivity index (χ1v) is 5.35. The molecule has 1 radical (unpaired) electrons. The molecule has 0 atom stereocenters. The average molecular weight is 242 g/mol. The van der Waals surface area contributed by atoms with E-state index >= 15 is 0 Å². The first kappa shape index (κ1) is 11.1. The van der Waals surface area contributed by atoms with E-state index in [4.69, 9.17) is 0 Å². The quantitative estimate of drug-likeness (QED) is 0.782. The molecule has 1 aromatic heterocycles. The minimum absolute atomic E-state index is 0.138. The van der Waals surface area contributed by atoms with E-state index in [1.54, 1.807) is 18.2 Å². The lowest BCUT2D eigenvalue weighted by Crippen LogP contribution is -2.22. The van der Waals surface area contributed by atoms with Gasteiger partial charge in [-0.05, 0) is 5.56 Å². The lowest BCUT2D eigenvalue weighted by Gasteiger charge is -2.17. The standard InChI is InChI=1S/C11H7F3NS/c12-11(13,14)10(9-6-15-7-16-9)8-4-2-1-3-5-8/h1-7H. The molecule has 0 saturated carbocycles. The minimum atomic E-state index is -4.37. The fourth-order valence-corrected chi connectivity index (χ4v) is 2.10. The molecule has 2 aromatic rings. The van der Waals surface area contributed by atoms with Crippen LogP contribution in [0.25, 0.3) is 0 Å². The van der Waals surface area contributed by atoms with E-state index in [2.05, 4.69) is 4.98 Å². The Morgan fingerprint density at radius 3 is 2.31 bits per heavy atom. The summed E-state index contributed by atoms with van der Waals surface area (Å²) in [5.74, 6) is -0.629. The van der Waals surface area contributed by atoms with E-state index in [9.17, 15) is 13.2 Å². The predicted molar refractivity (Wildman–Crippen MR) is 56.1 cm³/mol. The molecule has 0 aliphatic heterocycles. The van der Waals surface area contributed by atoms with Gasteiger partial charge in [0.2, 0.25) is 0 Å². The fraction of sp³-hybridized carbons (Fsp3) is 0.0909. The largest absolute Gasteiger partial charge is 0.404 e. The van der Waals surface area contributed by atoms with Crippen molar-refractivity contribution in [1.29, 1.82) is 0 Å². The lowest BCUT2D eigenvalue weighted by molar-refractivity contribution is -0.104. The van der Waals surface area contributed by atoms with E-state index in [-0.39, 0.29) is 10.4 Å². The van der Waals surface area contributed by atoms with Crippen molar-refractivity contribution in [3.05, 3.63) is 58.4 Å². The van der Waals surface area contributed by atoms with Crippen LogP contribution in [-0.2, 0) is 0 Å². The van der Waals surface area contributed by atoms with Crippen molar-refractivity contribution < 1.29 is 13.2 Å². The summed E-state index contributed by atoms with van der Waals surface area (Å²) in [5.41, 5.74) is 1.56. The molecule has 0 N–H and O–H groups in total. The van der Waals surface area contributed by atoms with E-state index in [0.717, 1.165) is 11.3 Å². The molecule has 0 spiro atoms. The van der Waals surface area contributed by atoms with Crippen LogP contribution in [0, 0.1) is 5.92 Å². The van der Waals surface area contributed by atoms with Gasteiger partial charge in [0, 0.05) is 11.1 Å². The van der Waals surface area contributed by atoms with Crippen LogP contribution in [0.2, 0.25) is 0 Å². The van der Waals surface area contributed by atoms with Crippen LogP contribution in [-0.4, -0.2) is 11.2 Å². The number of hydrogen-bond donors (Lipinski definition) is 0. The molecule has 2 rings (SSSR count). The molecular formula is C11H7F3NS. The summed E-state index contributed by atoms with van der Waals surface area (Å²) in [6.45, 7) is 0. The third-order valence-corrected chi connectivity index (χ3v) is 2.82. The summed E-state index contributed by atoms with van der Waals surface area (Å²) in [5, 5.41) is 0. The summed E-state index contributed by atoms with van der Waals surface area (Å²) in [6, 6.07) is 7.75. The smallest absolute Gasteiger partial charge is 0.253 e. The topological polar surface area (TPSA) is 12.9 Å². The zero-order valence-electron chi connectivity index (χ0n) is 8.03. The van der Waals surface area contributed by atoms with Crippen LogP contribution in [0.5, 0.6) is 0 Å². The van der Waals surface area contributed by atoms with Gasteiger partial charge in [0.05, 0.1) is 5.51 Å². The molecule has 1 nitrogen and oxygen atoms in total. The van der Waals surface area contributed by atoms with Crippen molar-refractivity contribution in [2.45, 2.75) is 6.18 Å². The maximum absolute atomic E-state index is 12.9. The Morgan fingerprint density at radius 1 is 1.12 bits per heavy atom. The molecule has 0 saturated heterocycles. The highest BCUT2D eigenvalue weighted by Gasteiger charge is 2.43. The van der Waals surface area contributed by atoms with Crippen LogP contribution in [0.4, 0.5) is 13.2 Å². The van der Waals surface area contributed by atoms with Gasteiger partial charge in [0.1, 0.15) is 5.92 Å². The second-order valence-corrected chi connectivity index (χ2v) is 3.99. The van der Waals surface area contributed by atoms with E-state index in [1.165, 1.54) is 23.8 Å². The lowest BCUT2D eigenvalue weighted by atomic mass is 9.97. The van der Waals surface area contributed by atoms with Crippen LogP contribution in [0.15, 0.2) is 42.0 Å². The maximum atomic E-state index is 12.9. The average Bonchev–Trinajstić information content (AvgIpc) is 2.71. The number of alkyl halides is 3. The first-order valence-electron chi connectivity index (χ1n) is 4.47. The number of thiazole rings is 1. The molecule has 0 fully saturated rings. The molecule has 5 heteroatoms. The van der Waals surface area contributed by atoms with E-state index < -0.39 is 12.1 Å². The molecule has 1 heterocycles. The van der Waals surface area contributed by atoms with Gasteiger partial charge >= 0.3 is 6.18 Å². The second-order valence-electron chi connectivity index (χ2n) is 3.10. The van der Waals surface area contributed by atoms with Crippen molar-refractivity contribution >= 4 is 11.3 Å². The number of rotatable bonds is 2. The van der Waals surface area contributed by atoms with Gasteiger partial charge in [-0.25, -0.2) is 0 Å². The second kappa shape index (κ2) is 4.25. The molecule has 0 aliphatic rings. The normalized spacial score (nSPS) is 12.0. The molecule has 16 heavy (non-hydrogen) atoms. The molecule has 0 bridgehead atoms. The third-order valence-electron chi connectivity index (χ3n) is 2.02. The van der Waals surface area contributed by atoms with Gasteiger partial charge in [-0.15, -0.1) is 11.3 Å². The maximum Gasteiger partial charge on any atom is 0.404 e. The molecule has 0 amide bonds. The Morgan fingerprint density at radius 2 is 1.81 bits per heavy atom. The van der Waals surface area contributed by atoms with Crippen molar-refractivity contribution in [2.24, 2.45) is 0 Å². The van der Waals surface area contributed by atoms with Gasteiger partial charge in [-0.3, -0.25) is 4.98 Å². The van der Waals surface area contributed by atoms with Gasteiger partial charge in [0.15, 0.2) is 0 Å². The SMILES string of the molecule is FC(F)(F)[C](c1ccccc1)c1cncs1. The number of benzene rings is 1. The van der Waals surface area contributed by atoms with Gasteiger partial charge in [-0.1, -0.05) is 30.3 Å². The Kier molecular flexibility index (Phi) is 2.96. The highest BCUT2D eigenvalue weighted by molar-refractivity contribution is 7.10. The minimum Gasteiger partial charge on any atom is -0.253 e. The van der Waals surface area contributed by atoms with Crippen molar-refractivity contribution in [3.8, 4) is 0 Å². The molecular weight excluding hydrogens is 235 g/mol. The highest BCUT2D eigenvalue weighted by Crippen LogP contribution is 2.40. The first-order chi connectivity index (χ1) is 7.59.